The first-order chi connectivity index (χ1) is 25.7. The third kappa shape index (κ3) is 5.42. The summed E-state index contributed by atoms with van der Waals surface area (Å²) in [6.45, 7) is 2.19. The number of hydrogen-bond donors (Lipinski definition) is 0. The van der Waals surface area contributed by atoms with Gasteiger partial charge in [-0.2, -0.15) is 0 Å². The summed E-state index contributed by atoms with van der Waals surface area (Å²) < 4.78 is 6.63. The highest BCUT2D eigenvalue weighted by atomic mass is 32.2. The highest BCUT2D eigenvalue weighted by molar-refractivity contribution is 8.00. The molecule has 2 aliphatic rings. The number of benzene rings is 7. The van der Waals surface area contributed by atoms with Gasteiger partial charge in [0.25, 0.3) is 0 Å². The molecular weight excluding hydrogens is 653 g/mol. The molecule has 2 unspecified atom stereocenters. The third-order valence-corrected chi connectivity index (χ3v) is 12.0. The summed E-state index contributed by atoms with van der Waals surface area (Å²) in [4.78, 5) is 9.00. The number of anilines is 3. The minimum Gasteiger partial charge on any atom is -0.435 e. The molecule has 0 saturated heterocycles. The summed E-state index contributed by atoms with van der Waals surface area (Å²) in [5, 5.41) is 2.77. The van der Waals surface area contributed by atoms with Crippen LogP contribution in [0.1, 0.15) is 29.9 Å². The van der Waals surface area contributed by atoms with Gasteiger partial charge in [-0.05, 0) is 102 Å². The lowest BCUT2D eigenvalue weighted by atomic mass is 9.89. The van der Waals surface area contributed by atoms with Gasteiger partial charge < -0.3 is 9.32 Å². The second-order valence-corrected chi connectivity index (χ2v) is 15.2. The smallest absolute Gasteiger partial charge is 0.227 e. The van der Waals surface area contributed by atoms with Gasteiger partial charge in [-0.15, -0.1) is 11.8 Å². The van der Waals surface area contributed by atoms with Crippen molar-refractivity contribution in [1.82, 2.24) is 4.98 Å². The van der Waals surface area contributed by atoms with Gasteiger partial charge in [0.15, 0.2) is 5.58 Å². The number of aromatic nitrogens is 1. The van der Waals surface area contributed by atoms with Crippen LogP contribution in [0, 0.1) is 6.92 Å². The number of aryl methyl sites for hydroxylation is 1. The first kappa shape index (κ1) is 30.9. The Labute approximate surface area is 308 Å². The van der Waals surface area contributed by atoms with Gasteiger partial charge in [-0.1, -0.05) is 115 Å². The first-order valence-electron chi connectivity index (χ1n) is 18.1. The van der Waals surface area contributed by atoms with Crippen LogP contribution in [0.3, 0.4) is 0 Å². The Morgan fingerprint density at radius 3 is 2.12 bits per heavy atom. The minimum atomic E-state index is 0.443. The number of oxazole rings is 1. The lowest BCUT2D eigenvalue weighted by Gasteiger charge is -2.28. The van der Waals surface area contributed by atoms with Crippen LogP contribution in [0.2, 0.25) is 0 Å². The number of thioether (sulfide) groups is 1. The van der Waals surface area contributed by atoms with Crippen molar-refractivity contribution in [2.75, 3.05) is 4.90 Å². The van der Waals surface area contributed by atoms with Crippen molar-refractivity contribution in [3.8, 4) is 33.7 Å². The predicted molar refractivity (Wildman–Crippen MR) is 218 cm³/mol. The van der Waals surface area contributed by atoms with E-state index in [0.717, 1.165) is 50.9 Å². The van der Waals surface area contributed by atoms with Gasteiger partial charge in [-0.25, -0.2) is 4.98 Å². The van der Waals surface area contributed by atoms with E-state index >= 15 is 0 Å². The van der Waals surface area contributed by atoms with Crippen LogP contribution in [-0.2, 0) is 0 Å². The molecule has 2 atom stereocenters. The first-order valence-corrected chi connectivity index (χ1v) is 19.0. The Kier molecular flexibility index (Phi) is 7.58. The highest BCUT2D eigenvalue weighted by Gasteiger charge is 2.33. The Bertz CT molecular complexity index is 2630. The molecular formula is C48H36N2OS. The quantitative estimate of drug-likeness (QED) is 0.163. The van der Waals surface area contributed by atoms with Crippen molar-refractivity contribution >= 4 is 50.7 Å². The number of fused-ring (bicyclic) bond motifs is 6. The number of rotatable bonds is 6. The Morgan fingerprint density at radius 1 is 0.635 bits per heavy atom. The molecule has 0 fully saturated rings. The SMILES string of the molecule is Cc1cc(-c2ccccc2)cc(N(c2ccc3c(c2)C2C=CCCC2S3)c2cc3nc(-c4ccc(-c5ccccc5)cc4)oc3c3ccccc23)c1. The average Bonchev–Trinajstić information content (AvgIpc) is 3.81. The maximum absolute atomic E-state index is 6.63. The van der Waals surface area contributed by atoms with E-state index in [4.69, 9.17) is 9.40 Å². The molecule has 4 heteroatoms. The fraction of sp³-hybridized carbons (Fsp3) is 0.104. The largest absolute Gasteiger partial charge is 0.435 e. The summed E-state index contributed by atoms with van der Waals surface area (Å²) in [6.07, 6.45) is 7.19. The second kappa shape index (κ2) is 12.7. The van der Waals surface area contributed by atoms with Gasteiger partial charge in [0.1, 0.15) is 5.52 Å². The Balaban J connectivity index is 1.16. The molecule has 0 saturated carbocycles. The van der Waals surface area contributed by atoms with Crippen LogP contribution < -0.4 is 4.90 Å². The van der Waals surface area contributed by atoms with Crippen molar-refractivity contribution in [1.29, 1.82) is 0 Å². The zero-order valence-electron chi connectivity index (χ0n) is 28.9. The van der Waals surface area contributed by atoms with E-state index in [1.165, 1.54) is 44.7 Å². The molecule has 2 heterocycles. The summed E-state index contributed by atoms with van der Waals surface area (Å²) in [7, 11) is 0. The van der Waals surface area contributed by atoms with Gasteiger partial charge in [0.2, 0.25) is 5.89 Å². The molecule has 8 aromatic rings. The molecule has 52 heavy (non-hydrogen) atoms. The molecule has 7 aromatic carbocycles. The zero-order valence-corrected chi connectivity index (χ0v) is 29.7. The third-order valence-electron chi connectivity index (χ3n) is 10.5. The molecule has 10 rings (SSSR count). The van der Waals surface area contributed by atoms with Crippen LogP contribution in [0.25, 0.3) is 55.6 Å². The minimum absolute atomic E-state index is 0.443. The molecule has 250 valence electrons. The van der Waals surface area contributed by atoms with Crippen molar-refractivity contribution in [3.05, 3.63) is 175 Å². The second-order valence-electron chi connectivity index (χ2n) is 13.9. The van der Waals surface area contributed by atoms with Crippen LogP contribution in [0.15, 0.2) is 173 Å². The molecule has 0 spiro atoms. The number of hydrogen-bond acceptors (Lipinski definition) is 4. The summed E-state index contributed by atoms with van der Waals surface area (Å²) in [6, 6.07) is 54.4. The monoisotopic (exact) mass is 688 g/mol. The Hall–Kier alpha value is -5.84. The zero-order chi connectivity index (χ0) is 34.6. The molecule has 3 nitrogen and oxygen atoms in total. The summed E-state index contributed by atoms with van der Waals surface area (Å²) in [5.41, 5.74) is 13.3. The lowest BCUT2D eigenvalue weighted by molar-refractivity contribution is 0.623. The fourth-order valence-corrected chi connectivity index (χ4v) is 9.49. The van der Waals surface area contributed by atoms with Crippen molar-refractivity contribution in [2.45, 2.75) is 35.8 Å². The van der Waals surface area contributed by atoms with Gasteiger partial charge in [0, 0.05) is 43.8 Å². The van der Waals surface area contributed by atoms with Crippen LogP contribution in [0.5, 0.6) is 0 Å². The summed E-state index contributed by atoms with van der Waals surface area (Å²) in [5.74, 6) is 1.06. The topological polar surface area (TPSA) is 29.3 Å². The average molecular weight is 689 g/mol. The van der Waals surface area contributed by atoms with Gasteiger partial charge >= 0.3 is 0 Å². The van der Waals surface area contributed by atoms with Gasteiger partial charge in [-0.3, -0.25) is 0 Å². The molecule has 1 aliphatic carbocycles. The van der Waals surface area contributed by atoms with E-state index < -0.39 is 0 Å². The van der Waals surface area contributed by atoms with Crippen molar-refractivity contribution in [2.24, 2.45) is 0 Å². The standard InChI is InChI=1S/C48H36N2OS/c1-31-26-36(33-14-6-3-7-15-33)28-38(27-31)50(37-24-25-46-42(29-37)40-17-10-11-19-45(40)52-46)44-30-43-47(41-18-9-8-16-39(41)44)51-48(49-43)35-22-20-34(21-23-35)32-12-4-2-5-13-32/h2-10,12-18,20-30,40,45H,11,19H2,1H3. The normalized spacial score (nSPS) is 16.2. The van der Waals surface area contributed by atoms with E-state index in [1.807, 2.05) is 17.8 Å². The molecule has 1 aliphatic heterocycles. The molecule has 0 N–H and O–H groups in total. The van der Waals surface area contributed by atoms with Gasteiger partial charge in [0.05, 0.1) is 5.69 Å². The maximum Gasteiger partial charge on any atom is 0.227 e. The summed E-state index contributed by atoms with van der Waals surface area (Å²) >= 11 is 2.05. The molecule has 0 radical (unpaired) electrons. The number of allylic oxidation sites excluding steroid dienone is 2. The lowest BCUT2D eigenvalue weighted by Crippen LogP contribution is -2.13. The fourth-order valence-electron chi connectivity index (χ4n) is 8.04. The van der Waals surface area contributed by atoms with Crippen molar-refractivity contribution < 1.29 is 4.42 Å². The van der Waals surface area contributed by atoms with Crippen LogP contribution >= 0.6 is 11.8 Å². The molecule has 0 amide bonds. The van der Waals surface area contributed by atoms with Crippen molar-refractivity contribution in [3.63, 3.8) is 0 Å². The maximum atomic E-state index is 6.63. The van der Waals surface area contributed by atoms with E-state index in [9.17, 15) is 0 Å². The van der Waals surface area contributed by atoms with E-state index in [0.29, 0.717) is 17.1 Å². The van der Waals surface area contributed by atoms with E-state index in [2.05, 4.69) is 170 Å². The van der Waals surface area contributed by atoms with E-state index in [1.54, 1.807) is 0 Å². The molecule has 1 aromatic heterocycles. The van der Waals surface area contributed by atoms with E-state index in [-0.39, 0.29) is 0 Å². The van der Waals surface area contributed by atoms with Crippen LogP contribution in [0.4, 0.5) is 17.1 Å². The predicted octanol–water partition coefficient (Wildman–Crippen LogP) is 13.7. The molecule has 0 bridgehead atoms. The van der Waals surface area contributed by atoms with Crippen LogP contribution in [-0.4, -0.2) is 10.2 Å². The highest BCUT2D eigenvalue weighted by Crippen LogP contribution is 2.52. The number of nitrogens with zero attached hydrogens (tertiary/aromatic N) is 2. The Morgan fingerprint density at radius 2 is 1.33 bits per heavy atom.